The first-order chi connectivity index (χ1) is 13.6. The Hall–Kier alpha value is -3.10. The number of amides is 1. The van der Waals surface area contributed by atoms with Gasteiger partial charge < -0.3 is 9.80 Å². The fourth-order valence-corrected chi connectivity index (χ4v) is 4.01. The Morgan fingerprint density at radius 3 is 2.64 bits per heavy atom. The third kappa shape index (κ3) is 2.87. The van der Waals surface area contributed by atoms with E-state index in [-0.39, 0.29) is 11.7 Å². The summed E-state index contributed by atoms with van der Waals surface area (Å²) in [5, 5.41) is 13.1. The van der Waals surface area contributed by atoms with Crippen LogP contribution in [-0.4, -0.2) is 66.8 Å². The highest BCUT2D eigenvalue weighted by molar-refractivity contribution is 5.91. The molecule has 3 aromatic heterocycles. The number of carbonyl (C=O) groups is 1. The number of hydrogen-bond donors (Lipinski definition) is 0. The number of aromatic nitrogens is 6. The molecule has 3 aromatic rings. The normalized spacial score (nSPS) is 16.6. The van der Waals surface area contributed by atoms with Crippen molar-refractivity contribution in [3.05, 3.63) is 40.6 Å². The minimum Gasteiger partial charge on any atom is -0.352 e. The smallest absolute Gasteiger partial charge is 0.293 e. The number of rotatable bonds is 2. The van der Waals surface area contributed by atoms with E-state index < -0.39 is 0 Å². The Balaban J connectivity index is 1.30. The van der Waals surface area contributed by atoms with Gasteiger partial charge in [-0.15, -0.1) is 10.2 Å². The van der Waals surface area contributed by atoms with Crippen molar-refractivity contribution in [3.63, 3.8) is 0 Å². The first-order valence-corrected chi connectivity index (χ1v) is 9.69. The van der Waals surface area contributed by atoms with E-state index in [1.54, 1.807) is 9.42 Å². The standard InChI is InChI=1S/C19H22N8O/c1-12-10-13(2)27-19(20-12)21-17(24-27)18(28)26-8-6-25(7-9-26)16-11-14-4-3-5-15(14)22-23-16/h10-11H,3-9H2,1-2H3. The third-order valence-electron chi connectivity index (χ3n) is 5.51. The molecule has 9 heteroatoms. The van der Waals surface area contributed by atoms with Crippen LogP contribution in [0.3, 0.4) is 0 Å². The van der Waals surface area contributed by atoms with Crippen LogP contribution >= 0.6 is 0 Å². The number of nitrogens with zero attached hydrogens (tertiary/aromatic N) is 8. The van der Waals surface area contributed by atoms with Gasteiger partial charge in [0.2, 0.25) is 5.82 Å². The molecule has 0 bridgehead atoms. The fourth-order valence-electron chi connectivity index (χ4n) is 4.01. The van der Waals surface area contributed by atoms with Gasteiger partial charge in [0.1, 0.15) is 0 Å². The lowest BCUT2D eigenvalue weighted by atomic mass is 10.2. The monoisotopic (exact) mass is 378 g/mol. The molecule has 0 radical (unpaired) electrons. The maximum Gasteiger partial charge on any atom is 0.293 e. The van der Waals surface area contributed by atoms with Crippen LogP contribution in [0.4, 0.5) is 5.82 Å². The molecule has 0 N–H and O–H groups in total. The van der Waals surface area contributed by atoms with Gasteiger partial charge in [0.05, 0.1) is 5.69 Å². The highest BCUT2D eigenvalue weighted by atomic mass is 16.2. The number of aryl methyl sites for hydroxylation is 4. The largest absolute Gasteiger partial charge is 0.352 e. The molecule has 9 nitrogen and oxygen atoms in total. The topological polar surface area (TPSA) is 92.4 Å². The lowest BCUT2D eigenvalue weighted by Gasteiger charge is -2.34. The lowest BCUT2D eigenvalue weighted by molar-refractivity contribution is 0.0734. The zero-order chi connectivity index (χ0) is 19.3. The number of hydrogen-bond acceptors (Lipinski definition) is 7. The summed E-state index contributed by atoms with van der Waals surface area (Å²) in [7, 11) is 0. The van der Waals surface area contributed by atoms with Crippen LogP contribution in [-0.2, 0) is 12.8 Å². The molecule has 2 aliphatic rings. The Kier molecular flexibility index (Phi) is 3.96. The summed E-state index contributed by atoms with van der Waals surface area (Å²) in [6, 6.07) is 4.08. The summed E-state index contributed by atoms with van der Waals surface area (Å²) in [6.07, 6.45) is 3.28. The van der Waals surface area contributed by atoms with Gasteiger partial charge in [0.15, 0.2) is 5.82 Å². The minimum atomic E-state index is -0.151. The maximum absolute atomic E-state index is 12.9. The van der Waals surface area contributed by atoms with Crippen molar-refractivity contribution in [2.75, 3.05) is 31.1 Å². The lowest BCUT2D eigenvalue weighted by Crippen LogP contribution is -2.49. The van der Waals surface area contributed by atoms with Crippen molar-refractivity contribution in [1.29, 1.82) is 0 Å². The fraction of sp³-hybridized carbons (Fsp3) is 0.474. The van der Waals surface area contributed by atoms with Gasteiger partial charge in [0, 0.05) is 37.6 Å². The average Bonchev–Trinajstić information content (AvgIpc) is 3.33. The zero-order valence-corrected chi connectivity index (χ0v) is 16.1. The number of piperazine rings is 1. The van der Waals surface area contributed by atoms with Crippen molar-refractivity contribution < 1.29 is 4.79 Å². The van der Waals surface area contributed by atoms with Gasteiger partial charge in [0.25, 0.3) is 11.7 Å². The molecule has 1 aliphatic carbocycles. The maximum atomic E-state index is 12.9. The summed E-state index contributed by atoms with van der Waals surface area (Å²) < 4.78 is 1.62. The molecule has 1 fully saturated rings. The van der Waals surface area contributed by atoms with Crippen LogP contribution in [0.2, 0.25) is 0 Å². The Bertz CT molecular complexity index is 1070. The molecule has 28 heavy (non-hydrogen) atoms. The third-order valence-corrected chi connectivity index (χ3v) is 5.51. The summed E-state index contributed by atoms with van der Waals surface area (Å²) in [5.74, 6) is 1.43. The van der Waals surface area contributed by atoms with E-state index in [1.807, 2.05) is 19.9 Å². The predicted octanol–water partition coefficient (Wildman–Crippen LogP) is 0.982. The SMILES string of the molecule is Cc1cc(C)n2nc(C(=O)N3CCN(c4cc5c(nn4)CCC5)CC3)nc2n1. The van der Waals surface area contributed by atoms with Crippen LogP contribution in [0.1, 0.15) is 39.7 Å². The molecule has 0 saturated carbocycles. The quantitative estimate of drug-likeness (QED) is 0.656. The number of anilines is 1. The molecular formula is C19H22N8O. The summed E-state index contributed by atoms with van der Waals surface area (Å²) in [5.41, 5.74) is 4.22. The Morgan fingerprint density at radius 1 is 1.00 bits per heavy atom. The van der Waals surface area contributed by atoms with E-state index in [0.717, 1.165) is 55.3 Å². The van der Waals surface area contributed by atoms with Crippen molar-refractivity contribution >= 4 is 17.5 Å². The van der Waals surface area contributed by atoms with Gasteiger partial charge in [-0.1, -0.05) is 0 Å². The molecule has 5 rings (SSSR count). The molecule has 0 spiro atoms. The summed E-state index contributed by atoms with van der Waals surface area (Å²) >= 11 is 0. The van der Waals surface area contributed by atoms with Crippen LogP contribution < -0.4 is 4.90 Å². The Morgan fingerprint density at radius 2 is 1.82 bits per heavy atom. The molecule has 144 valence electrons. The van der Waals surface area contributed by atoms with E-state index in [0.29, 0.717) is 18.9 Å². The van der Waals surface area contributed by atoms with Crippen LogP contribution in [0.5, 0.6) is 0 Å². The molecule has 1 saturated heterocycles. The zero-order valence-electron chi connectivity index (χ0n) is 16.1. The number of fused-ring (bicyclic) bond motifs is 2. The van der Waals surface area contributed by atoms with E-state index in [9.17, 15) is 4.79 Å². The second kappa shape index (κ2) is 6.50. The van der Waals surface area contributed by atoms with Crippen LogP contribution in [0, 0.1) is 13.8 Å². The van der Waals surface area contributed by atoms with Crippen molar-refractivity contribution in [1.82, 2.24) is 34.7 Å². The summed E-state index contributed by atoms with van der Waals surface area (Å²) in [6.45, 7) is 6.51. The second-order valence-electron chi connectivity index (χ2n) is 7.49. The van der Waals surface area contributed by atoms with Crippen molar-refractivity contribution in [3.8, 4) is 0 Å². The Labute approximate surface area is 162 Å². The minimum absolute atomic E-state index is 0.151. The molecule has 0 aromatic carbocycles. The molecule has 4 heterocycles. The van der Waals surface area contributed by atoms with Gasteiger partial charge in [-0.25, -0.2) is 9.50 Å². The molecule has 1 aliphatic heterocycles. The van der Waals surface area contributed by atoms with Crippen molar-refractivity contribution in [2.24, 2.45) is 0 Å². The first-order valence-electron chi connectivity index (χ1n) is 9.69. The highest BCUT2D eigenvalue weighted by Gasteiger charge is 2.27. The van der Waals surface area contributed by atoms with Gasteiger partial charge in [-0.3, -0.25) is 4.79 Å². The highest BCUT2D eigenvalue weighted by Crippen LogP contribution is 2.23. The molecular weight excluding hydrogens is 356 g/mol. The molecule has 0 atom stereocenters. The van der Waals surface area contributed by atoms with Crippen LogP contribution in [0.25, 0.3) is 5.78 Å². The van der Waals surface area contributed by atoms with Gasteiger partial charge >= 0.3 is 0 Å². The van der Waals surface area contributed by atoms with E-state index >= 15 is 0 Å². The number of carbonyl (C=O) groups excluding carboxylic acids is 1. The molecule has 1 amide bonds. The van der Waals surface area contributed by atoms with Crippen molar-refractivity contribution in [2.45, 2.75) is 33.1 Å². The summed E-state index contributed by atoms with van der Waals surface area (Å²) in [4.78, 5) is 25.6. The van der Waals surface area contributed by atoms with E-state index in [2.05, 4.69) is 36.2 Å². The average molecular weight is 378 g/mol. The second-order valence-corrected chi connectivity index (χ2v) is 7.49. The van der Waals surface area contributed by atoms with Gasteiger partial charge in [-0.2, -0.15) is 10.1 Å². The van der Waals surface area contributed by atoms with E-state index in [4.69, 9.17) is 0 Å². The van der Waals surface area contributed by atoms with Crippen LogP contribution in [0.15, 0.2) is 12.1 Å². The van der Waals surface area contributed by atoms with E-state index in [1.165, 1.54) is 5.56 Å². The van der Waals surface area contributed by atoms with Gasteiger partial charge in [-0.05, 0) is 50.8 Å². The predicted molar refractivity (Wildman–Crippen MR) is 102 cm³/mol. The molecule has 0 unspecified atom stereocenters. The first kappa shape index (κ1) is 17.0.